The summed E-state index contributed by atoms with van der Waals surface area (Å²) < 4.78 is 5.18. The number of nitrogens with one attached hydrogen (secondary N) is 1. The van der Waals surface area contributed by atoms with E-state index in [-0.39, 0.29) is 24.0 Å². The van der Waals surface area contributed by atoms with Gasteiger partial charge in [-0.25, -0.2) is 4.98 Å². The molecule has 7 heteroatoms. The molecular formula is C16H23IN4OS. The third-order valence-electron chi connectivity index (χ3n) is 3.22. The Morgan fingerprint density at radius 2 is 2.04 bits per heavy atom. The standard InChI is InChI=1S/C16H22N4OS.HI/c1-12-9-18-15(22-12)10-19-16(17-2)20(3)11-13-5-7-14(21-4)8-6-13;/h5-9H,10-11H2,1-4H3,(H,17,19);1H. The summed E-state index contributed by atoms with van der Waals surface area (Å²) in [6.45, 7) is 3.53. The number of nitrogens with zero attached hydrogens (tertiary/aromatic N) is 3. The van der Waals surface area contributed by atoms with E-state index in [2.05, 4.69) is 39.2 Å². The summed E-state index contributed by atoms with van der Waals surface area (Å²) >= 11 is 1.70. The lowest BCUT2D eigenvalue weighted by Gasteiger charge is -2.22. The average molecular weight is 446 g/mol. The lowest BCUT2D eigenvalue weighted by molar-refractivity contribution is 0.414. The predicted molar refractivity (Wildman–Crippen MR) is 107 cm³/mol. The maximum absolute atomic E-state index is 5.18. The van der Waals surface area contributed by atoms with Gasteiger partial charge in [0.2, 0.25) is 0 Å². The van der Waals surface area contributed by atoms with Crippen LogP contribution in [0.3, 0.4) is 0 Å². The number of methoxy groups -OCH3 is 1. The summed E-state index contributed by atoms with van der Waals surface area (Å²) in [6.07, 6.45) is 1.89. The third-order valence-corrected chi connectivity index (χ3v) is 4.13. The Morgan fingerprint density at radius 1 is 1.35 bits per heavy atom. The Labute approximate surface area is 158 Å². The van der Waals surface area contributed by atoms with Crippen LogP contribution < -0.4 is 10.1 Å². The molecule has 0 atom stereocenters. The molecule has 0 aliphatic carbocycles. The molecule has 1 N–H and O–H groups in total. The number of benzene rings is 1. The fraction of sp³-hybridized carbons (Fsp3) is 0.375. The van der Waals surface area contributed by atoms with E-state index in [0.29, 0.717) is 6.54 Å². The Balaban J connectivity index is 0.00000264. The van der Waals surface area contributed by atoms with E-state index >= 15 is 0 Å². The van der Waals surface area contributed by atoms with Gasteiger partial charge >= 0.3 is 0 Å². The SMILES string of the molecule is CN=C(NCc1ncc(C)s1)N(C)Cc1ccc(OC)cc1.I. The minimum absolute atomic E-state index is 0. The number of ether oxygens (including phenoxy) is 1. The van der Waals surface area contributed by atoms with E-state index in [1.54, 1.807) is 25.5 Å². The van der Waals surface area contributed by atoms with Gasteiger partial charge in [-0.05, 0) is 24.6 Å². The lowest BCUT2D eigenvalue weighted by Crippen LogP contribution is -2.38. The van der Waals surface area contributed by atoms with E-state index < -0.39 is 0 Å². The number of aliphatic imine (C=N–C) groups is 1. The number of guanidine groups is 1. The zero-order valence-electron chi connectivity index (χ0n) is 13.9. The fourth-order valence-electron chi connectivity index (χ4n) is 2.10. The van der Waals surface area contributed by atoms with Gasteiger partial charge in [0, 0.05) is 31.7 Å². The highest BCUT2D eigenvalue weighted by Crippen LogP contribution is 2.13. The van der Waals surface area contributed by atoms with E-state index in [9.17, 15) is 0 Å². The Bertz CT molecular complexity index is 627. The molecule has 23 heavy (non-hydrogen) atoms. The number of hydrogen-bond acceptors (Lipinski definition) is 4. The van der Waals surface area contributed by atoms with E-state index in [1.807, 2.05) is 25.4 Å². The van der Waals surface area contributed by atoms with E-state index in [0.717, 1.165) is 23.3 Å². The Hall–Kier alpha value is -1.35. The first kappa shape index (κ1) is 19.7. The third kappa shape index (κ3) is 5.98. The first-order valence-electron chi connectivity index (χ1n) is 7.08. The summed E-state index contributed by atoms with van der Waals surface area (Å²) in [5.74, 6) is 1.72. The number of thiazole rings is 1. The van der Waals surface area contributed by atoms with E-state index in [4.69, 9.17) is 4.74 Å². The van der Waals surface area contributed by atoms with Crippen LogP contribution in [0.5, 0.6) is 5.75 Å². The van der Waals surface area contributed by atoms with Crippen molar-refractivity contribution < 1.29 is 4.74 Å². The first-order valence-corrected chi connectivity index (χ1v) is 7.90. The van der Waals surface area contributed by atoms with Crippen LogP contribution in [0.2, 0.25) is 0 Å². The first-order chi connectivity index (χ1) is 10.6. The van der Waals surface area contributed by atoms with Crippen LogP contribution in [0.25, 0.3) is 0 Å². The monoisotopic (exact) mass is 446 g/mol. The second-order valence-electron chi connectivity index (χ2n) is 4.97. The highest BCUT2D eigenvalue weighted by Gasteiger charge is 2.08. The minimum Gasteiger partial charge on any atom is -0.497 e. The highest BCUT2D eigenvalue weighted by molar-refractivity contribution is 14.0. The molecule has 1 aromatic heterocycles. The second kappa shape index (κ2) is 9.71. The number of halogens is 1. The zero-order valence-corrected chi connectivity index (χ0v) is 17.0. The van der Waals surface area contributed by atoms with Crippen molar-refractivity contribution in [2.24, 2.45) is 4.99 Å². The maximum atomic E-state index is 5.18. The normalized spacial score (nSPS) is 10.9. The van der Waals surface area contributed by atoms with Crippen molar-refractivity contribution >= 4 is 41.3 Å². The van der Waals surface area contributed by atoms with Crippen LogP contribution in [-0.2, 0) is 13.1 Å². The Morgan fingerprint density at radius 3 is 2.57 bits per heavy atom. The van der Waals surface area contributed by atoms with Gasteiger partial charge in [0.05, 0.1) is 13.7 Å². The van der Waals surface area contributed by atoms with E-state index in [1.165, 1.54) is 10.4 Å². The molecule has 0 aliphatic rings. The molecule has 0 unspecified atom stereocenters. The van der Waals surface area contributed by atoms with Gasteiger partial charge in [-0.2, -0.15) is 0 Å². The second-order valence-corrected chi connectivity index (χ2v) is 6.29. The van der Waals surface area contributed by atoms with Crippen molar-refractivity contribution in [1.82, 2.24) is 15.2 Å². The molecule has 0 amide bonds. The molecule has 2 aromatic rings. The van der Waals surface area contributed by atoms with Gasteiger partial charge in [-0.15, -0.1) is 35.3 Å². The molecule has 0 spiro atoms. The topological polar surface area (TPSA) is 49.8 Å². The molecular weight excluding hydrogens is 423 g/mol. The number of rotatable bonds is 5. The van der Waals surface area contributed by atoms with Gasteiger partial charge < -0.3 is 15.0 Å². The molecule has 1 heterocycles. The molecule has 0 saturated carbocycles. The van der Waals surface area contributed by atoms with Gasteiger partial charge in [-0.3, -0.25) is 4.99 Å². The molecule has 126 valence electrons. The summed E-state index contributed by atoms with van der Waals surface area (Å²) in [5.41, 5.74) is 1.20. The van der Waals surface area contributed by atoms with Crippen molar-refractivity contribution in [3.63, 3.8) is 0 Å². The minimum atomic E-state index is 0. The average Bonchev–Trinajstić information content (AvgIpc) is 2.94. The van der Waals surface area contributed by atoms with Crippen LogP contribution in [-0.4, -0.2) is 37.0 Å². The zero-order chi connectivity index (χ0) is 15.9. The fourth-order valence-corrected chi connectivity index (χ4v) is 2.83. The van der Waals surface area contributed by atoms with Crippen LogP contribution in [0.15, 0.2) is 35.5 Å². The maximum Gasteiger partial charge on any atom is 0.194 e. The molecule has 0 fully saturated rings. The van der Waals surface area contributed by atoms with Gasteiger partial charge in [0.15, 0.2) is 5.96 Å². The van der Waals surface area contributed by atoms with Crippen molar-refractivity contribution in [3.8, 4) is 5.75 Å². The highest BCUT2D eigenvalue weighted by atomic mass is 127. The molecule has 0 radical (unpaired) electrons. The number of hydrogen-bond donors (Lipinski definition) is 1. The summed E-state index contributed by atoms with van der Waals surface area (Å²) in [5, 5.41) is 4.41. The van der Waals surface area contributed by atoms with Crippen molar-refractivity contribution in [2.75, 3.05) is 21.2 Å². The molecule has 1 aromatic carbocycles. The van der Waals surface area contributed by atoms with Gasteiger partial charge in [0.1, 0.15) is 10.8 Å². The molecule has 5 nitrogen and oxygen atoms in total. The van der Waals surface area contributed by atoms with Crippen molar-refractivity contribution in [2.45, 2.75) is 20.0 Å². The molecule has 2 rings (SSSR count). The summed E-state index contributed by atoms with van der Waals surface area (Å²) in [4.78, 5) is 12.0. The van der Waals surface area contributed by atoms with Crippen molar-refractivity contribution in [3.05, 3.63) is 45.9 Å². The Kier molecular flexibility index (Phi) is 8.32. The molecule has 0 bridgehead atoms. The van der Waals surface area contributed by atoms with Crippen molar-refractivity contribution in [1.29, 1.82) is 0 Å². The summed E-state index contributed by atoms with van der Waals surface area (Å²) in [7, 11) is 5.49. The van der Waals surface area contributed by atoms with Crippen LogP contribution in [0, 0.1) is 6.92 Å². The smallest absolute Gasteiger partial charge is 0.194 e. The van der Waals surface area contributed by atoms with Crippen LogP contribution >= 0.6 is 35.3 Å². The largest absolute Gasteiger partial charge is 0.497 e. The predicted octanol–water partition coefficient (Wildman–Crippen LogP) is 3.29. The molecule has 0 saturated heterocycles. The van der Waals surface area contributed by atoms with Gasteiger partial charge in [-0.1, -0.05) is 12.1 Å². The van der Waals surface area contributed by atoms with Crippen LogP contribution in [0.4, 0.5) is 0 Å². The van der Waals surface area contributed by atoms with Crippen LogP contribution in [0.1, 0.15) is 15.4 Å². The summed E-state index contributed by atoms with van der Waals surface area (Å²) in [6, 6.07) is 8.06. The quantitative estimate of drug-likeness (QED) is 0.435. The number of aryl methyl sites for hydroxylation is 1. The number of aromatic nitrogens is 1. The molecule has 0 aliphatic heterocycles. The lowest BCUT2D eigenvalue weighted by atomic mass is 10.2. The van der Waals surface area contributed by atoms with Gasteiger partial charge in [0.25, 0.3) is 0 Å².